The predicted molar refractivity (Wildman–Crippen MR) is 85.7 cm³/mol. The number of hydrogen-bond donors (Lipinski definition) is 1. The molecule has 1 atom stereocenters. The van der Waals surface area contributed by atoms with Crippen molar-refractivity contribution in [3.05, 3.63) is 0 Å². The number of nitrogens with zero attached hydrogens (tertiary/aromatic N) is 1. The van der Waals surface area contributed by atoms with E-state index in [4.69, 9.17) is 5.73 Å². The monoisotopic (exact) mass is 296 g/mol. The smallest absolute Gasteiger partial charge is 0.222 e. The van der Waals surface area contributed by atoms with Crippen LogP contribution in [-0.4, -0.2) is 29.8 Å². The highest BCUT2D eigenvalue weighted by Crippen LogP contribution is 2.18. The van der Waals surface area contributed by atoms with E-state index in [9.17, 15) is 9.59 Å². The van der Waals surface area contributed by atoms with E-state index in [0.717, 1.165) is 19.3 Å². The number of rotatable bonds is 11. The lowest BCUT2D eigenvalue weighted by Crippen LogP contribution is -2.31. The van der Waals surface area contributed by atoms with Crippen LogP contribution < -0.4 is 5.73 Å². The fourth-order valence-corrected chi connectivity index (χ4v) is 2.96. The maximum atomic E-state index is 12.0. The van der Waals surface area contributed by atoms with E-state index in [2.05, 4.69) is 6.92 Å². The number of carbonyl (C=O) groups excluding carboxylic acids is 2. The van der Waals surface area contributed by atoms with Crippen molar-refractivity contribution in [1.82, 2.24) is 4.90 Å². The summed E-state index contributed by atoms with van der Waals surface area (Å²) in [6.07, 6.45) is 12.7. The Balaban J connectivity index is 1.96. The molecular formula is C17H32N2O2. The minimum atomic E-state index is -0.270. The van der Waals surface area contributed by atoms with Crippen molar-refractivity contribution in [3.63, 3.8) is 0 Å². The molecule has 0 aliphatic carbocycles. The molecule has 2 N–H and O–H groups in total. The average molecular weight is 296 g/mol. The summed E-state index contributed by atoms with van der Waals surface area (Å²) in [5, 5.41) is 0. The molecule has 4 heteroatoms. The number of unbranched alkanes of at least 4 members (excludes halogenated alkanes) is 8. The number of carbonyl (C=O) groups is 2. The van der Waals surface area contributed by atoms with Gasteiger partial charge in [0, 0.05) is 19.5 Å². The molecule has 1 aliphatic heterocycles. The molecule has 1 fully saturated rings. The zero-order valence-corrected chi connectivity index (χ0v) is 13.6. The Kier molecular flexibility index (Phi) is 9.11. The summed E-state index contributed by atoms with van der Waals surface area (Å²) in [6, 6.07) is 0. The number of primary amides is 1. The maximum absolute atomic E-state index is 12.0. The van der Waals surface area contributed by atoms with Gasteiger partial charge in [-0.05, 0) is 12.8 Å². The summed E-state index contributed by atoms with van der Waals surface area (Å²) >= 11 is 0. The minimum Gasteiger partial charge on any atom is -0.369 e. The van der Waals surface area contributed by atoms with Crippen LogP contribution in [0.3, 0.4) is 0 Å². The third-order valence-corrected chi connectivity index (χ3v) is 4.44. The second kappa shape index (κ2) is 10.6. The van der Waals surface area contributed by atoms with Crippen LogP contribution >= 0.6 is 0 Å². The van der Waals surface area contributed by atoms with Crippen molar-refractivity contribution in [2.45, 2.75) is 77.6 Å². The molecule has 0 aromatic rings. The van der Waals surface area contributed by atoms with Crippen LogP contribution in [0.4, 0.5) is 0 Å². The highest BCUT2D eigenvalue weighted by molar-refractivity contribution is 5.80. The van der Waals surface area contributed by atoms with Gasteiger partial charge in [0.25, 0.3) is 0 Å². The summed E-state index contributed by atoms with van der Waals surface area (Å²) in [7, 11) is 0. The van der Waals surface area contributed by atoms with Crippen LogP contribution in [0.5, 0.6) is 0 Å². The molecule has 21 heavy (non-hydrogen) atoms. The number of nitrogens with two attached hydrogens (primary N) is 1. The van der Waals surface area contributed by atoms with Crippen LogP contribution in [0.1, 0.15) is 77.6 Å². The molecule has 1 rings (SSSR count). The topological polar surface area (TPSA) is 63.4 Å². The predicted octanol–water partition coefficient (Wildman–Crippen LogP) is 3.24. The molecular weight excluding hydrogens is 264 g/mol. The first kappa shape index (κ1) is 18.0. The summed E-state index contributed by atoms with van der Waals surface area (Å²) < 4.78 is 0. The van der Waals surface area contributed by atoms with Gasteiger partial charge in [-0.2, -0.15) is 0 Å². The first-order valence-electron chi connectivity index (χ1n) is 8.72. The molecule has 0 bridgehead atoms. The van der Waals surface area contributed by atoms with Crippen molar-refractivity contribution in [2.75, 3.05) is 13.1 Å². The molecule has 2 amide bonds. The van der Waals surface area contributed by atoms with Gasteiger partial charge < -0.3 is 10.6 Å². The Bertz CT molecular complexity index is 318. The molecule has 0 aromatic carbocycles. The third kappa shape index (κ3) is 7.49. The van der Waals surface area contributed by atoms with Gasteiger partial charge in [0.1, 0.15) is 0 Å². The summed E-state index contributed by atoms with van der Waals surface area (Å²) in [5.41, 5.74) is 5.28. The summed E-state index contributed by atoms with van der Waals surface area (Å²) in [5.74, 6) is -0.202. The Morgan fingerprint density at radius 1 is 1.00 bits per heavy atom. The van der Waals surface area contributed by atoms with E-state index in [-0.39, 0.29) is 17.7 Å². The Labute approximate surface area is 129 Å². The Morgan fingerprint density at radius 2 is 1.57 bits per heavy atom. The molecule has 1 unspecified atom stereocenters. The van der Waals surface area contributed by atoms with Crippen LogP contribution in [0.2, 0.25) is 0 Å². The van der Waals surface area contributed by atoms with E-state index in [0.29, 0.717) is 19.5 Å². The zero-order valence-electron chi connectivity index (χ0n) is 13.6. The molecule has 1 aliphatic rings. The molecule has 122 valence electrons. The summed E-state index contributed by atoms with van der Waals surface area (Å²) in [6.45, 7) is 3.47. The lowest BCUT2D eigenvalue weighted by molar-refractivity contribution is -0.130. The van der Waals surface area contributed by atoms with Gasteiger partial charge in [0.2, 0.25) is 11.8 Å². The zero-order chi connectivity index (χ0) is 15.5. The lowest BCUT2D eigenvalue weighted by atomic mass is 10.1. The van der Waals surface area contributed by atoms with Crippen LogP contribution in [-0.2, 0) is 9.59 Å². The molecule has 0 radical (unpaired) electrons. The minimum absolute atomic E-state index is 0.128. The van der Waals surface area contributed by atoms with E-state index in [1.165, 1.54) is 44.9 Å². The second-order valence-corrected chi connectivity index (χ2v) is 6.31. The second-order valence-electron chi connectivity index (χ2n) is 6.31. The third-order valence-electron chi connectivity index (χ3n) is 4.44. The van der Waals surface area contributed by atoms with Gasteiger partial charge in [-0.1, -0.05) is 58.3 Å². The molecule has 0 spiro atoms. The molecule has 4 nitrogen and oxygen atoms in total. The van der Waals surface area contributed by atoms with Crippen molar-refractivity contribution >= 4 is 11.8 Å². The van der Waals surface area contributed by atoms with E-state index in [1.807, 2.05) is 0 Å². The number of amides is 2. The molecule has 0 saturated carbocycles. The highest BCUT2D eigenvalue weighted by atomic mass is 16.2. The van der Waals surface area contributed by atoms with Crippen molar-refractivity contribution < 1.29 is 9.59 Å². The molecule has 1 heterocycles. The van der Waals surface area contributed by atoms with Crippen LogP contribution in [0.15, 0.2) is 0 Å². The van der Waals surface area contributed by atoms with Gasteiger partial charge in [0.15, 0.2) is 0 Å². The number of likely N-dealkylation sites (tertiary alicyclic amines) is 1. The van der Waals surface area contributed by atoms with Crippen LogP contribution in [0.25, 0.3) is 0 Å². The quantitative estimate of drug-likeness (QED) is 0.595. The number of hydrogen-bond acceptors (Lipinski definition) is 2. The highest BCUT2D eigenvalue weighted by Gasteiger charge is 2.28. The molecule has 1 saturated heterocycles. The average Bonchev–Trinajstić information content (AvgIpc) is 2.95. The normalized spacial score (nSPS) is 18.1. The van der Waals surface area contributed by atoms with Gasteiger partial charge in [0.05, 0.1) is 5.92 Å². The van der Waals surface area contributed by atoms with E-state index < -0.39 is 0 Å². The first-order valence-corrected chi connectivity index (χ1v) is 8.72. The van der Waals surface area contributed by atoms with Gasteiger partial charge in [-0.15, -0.1) is 0 Å². The first-order chi connectivity index (χ1) is 10.1. The lowest BCUT2D eigenvalue weighted by Gasteiger charge is -2.15. The fourth-order valence-electron chi connectivity index (χ4n) is 2.96. The largest absolute Gasteiger partial charge is 0.369 e. The van der Waals surface area contributed by atoms with E-state index in [1.54, 1.807) is 4.90 Å². The van der Waals surface area contributed by atoms with Gasteiger partial charge in [-0.25, -0.2) is 0 Å². The SMILES string of the molecule is CCCCCCCCCCCC(=O)N1CCC(C(N)=O)C1. The van der Waals surface area contributed by atoms with E-state index >= 15 is 0 Å². The maximum Gasteiger partial charge on any atom is 0.222 e. The van der Waals surface area contributed by atoms with Gasteiger partial charge >= 0.3 is 0 Å². The van der Waals surface area contributed by atoms with Crippen molar-refractivity contribution in [3.8, 4) is 0 Å². The van der Waals surface area contributed by atoms with Gasteiger partial charge in [-0.3, -0.25) is 9.59 Å². The van der Waals surface area contributed by atoms with Crippen LogP contribution in [0, 0.1) is 5.92 Å². The fraction of sp³-hybridized carbons (Fsp3) is 0.882. The van der Waals surface area contributed by atoms with Crippen molar-refractivity contribution in [1.29, 1.82) is 0 Å². The standard InChI is InChI=1S/C17H32N2O2/c1-2-3-4-5-6-7-8-9-10-11-16(20)19-13-12-15(14-19)17(18)21/h15H,2-14H2,1H3,(H2,18,21). The Hall–Kier alpha value is -1.06. The molecule has 0 aromatic heterocycles. The summed E-state index contributed by atoms with van der Waals surface area (Å²) in [4.78, 5) is 24.9. The van der Waals surface area contributed by atoms with Crippen molar-refractivity contribution in [2.24, 2.45) is 11.7 Å². The Morgan fingerprint density at radius 3 is 2.10 bits per heavy atom.